The lowest BCUT2D eigenvalue weighted by Crippen LogP contribution is -2.42. The van der Waals surface area contributed by atoms with E-state index in [0.717, 1.165) is 48.2 Å². The van der Waals surface area contributed by atoms with Crippen molar-refractivity contribution in [3.63, 3.8) is 0 Å². The van der Waals surface area contributed by atoms with Crippen LogP contribution in [0, 0.1) is 0 Å². The Kier molecular flexibility index (Phi) is 6.09. The van der Waals surface area contributed by atoms with Gasteiger partial charge in [-0.1, -0.05) is 12.1 Å². The Morgan fingerprint density at radius 1 is 1.13 bits per heavy atom. The molecule has 0 saturated carbocycles. The van der Waals surface area contributed by atoms with Crippen LogP contribution >= 0.6 is 0 Å². The fourth-order valence-corrected chi connectivity index (χ4v) is 4.39. The van der Waals surface area contributed by atoms with Gasteiger partial charge >= 0.3 is 0 Å². The van der Waals surface area contributed by atoms with Crippen molar-refractivity contribution in [2.45, 2.75) is 44.8 Å². The number of aliphatic hydroxyl groups is 1. The highest BCUT2D eigenvalue weighted by Gasteiger charge is 2.25. The van der Waals surface area contributed by atoms with Crippen molar-refractivity contribution in [3.8, 4) is 0 Å². The molecule has 0 spiro atoms. The fourth-order valence-electron chi connectivity index (χ4n) is 4.39. The Balaban J connectivity index is 1.47. The largest absolute Gasteiger partial charge is 0.389 e. The van der Waals surface area contributed by atoms with Crippen LogP contribution in [0.25, 0.3) is 11.0 Å². The minimum atomic E-state index is -0.662. The lowest BCUT2D eigenvalue weighted by atomic mass is 9.92. The topological polar surface area (TPSA) is 90.6 Å². The molecule has 1 aromatic carbocycles. The lowest BCUT2D eigenvalue weighted by Gasteiger charge is -2.35. The van der Waals surface area contributed by atoms with E-state index >= 15 is 0 Å². The van der Waals surface area contributed by atoms with Gasteiger partial charge in [0.15, 0.2) is 0 Å². The van der Waals surface area contributed by atoms with Crippen molar-refractivity contribution in [2.75, 3.05) is 19.6 Å². The van der Waals surface area contributed by atoms with Gasteiger partial charge in [-0.15, -0.1) is 0 Å². The van der Waals surface area contributed by atoms with Gasteiger partial charge in [-0.3, -0.25) is 10.0 Å². The number of fused-ring (bicyclic) bond motifs is 1. The van der Waals surface area contributed by atoms with Gasteiger partial charge in [0, 0.05) is 41.8 Å². The molecule has 1 amide bonds. The molecule has 164 valence electrons. The number of piperidine rings is 1. The van der Waals surface area contributed by atoms with Crippen molar-refractivity contribution >= 4 is 16.9 Å². The van der Waals surface area contributed by atoms with E-state index in [1.165, 1.54) is 0 Å². The van der Waals surface area contributed by atoms with Gasteiger partial charge in [-0.25, -0.2) is 10.5 Å². The van der Waals surface area contributed by atoms with E-state index < -0.39 is 11.5 Å². The smallest absolute Gasteiger partial charge is 0.274 e. The Bertz CT molecular complexity index is 1040. The molecule has 1 saturated heterocycles. The van der Waals surface area contributed by atoms with E-state index in [1.54, 1.807) is 17.6 Å². The first-order valence-electron chi connectivity index (χ1n) is 10.8. The molecular weight excluding hydrogens is 392 g/mol. The molecule has 2 aromatic heterocycles. The quantitative estimate of drug-likeness (QED) is 0.419. The molecule has 0 radical (unpaired) electrons. The van der Waals surface area contributed by atoms with E-state index in [-0.39, 0.29) is 0 Å². The Morgan fingerprint density at radius 2 is 1.84 bits per heavy atom. The second-order valence-electron chi connectivity index (χ2n) is 9.09. The maximum atomic E-state index is 11.5. The average Bonchev–Trinajstić information content (AvgIpc) is 3.15. The second kappa shape index (κ2) is 8.78. The van der Waals surface area contributed by atoms with E-state index in [9.17, 15) is 9.90 Å². The minimum absolute atomic E-state index is 0.417. The molecule has 3 aromatic rings. The van der Waals surface area contributed by atoms with Crippen LogP contribution in [0.5, 0.6) is 0 Å². The zero-order valence-corrected chi connectivity index (χ0v) is 18.1. The molecule has 7 heteroatoms. The number of aromatic nitrogens is 2. The number of carbonyl (C=O) groups is 1. The predicted molar refractivity (Wildman–Crippen MR) is 119 cm³/mol. The number of hydroxylamine groups is 1. The lowest BCUT2D eigenvalue weighted by molar-refractivity contribution is 0.0280. The first-order valence-corrected chi connectivity index (χ1v) is 10.8. The number of pyridine rings is 1. The summed E-state index contributed by atoms with van der Waals surface area (Å²) in [6.45, 7) is 7.03. The number of nitrogens with one attached hydrogen (secondary N) is 1. The Labute approximate surface area is 182 Å². The van der Waals surface area contributed by atoms with Crippen LogP contribution < -0.4 is 5.48 Å². The van der Waals surface area contributed by atoms with E-state index in [4.69, 9.17) is 10.2 Å². The van der Waals surface area contributed by atoms with Gasteiger partial charge in [-0.2, -0.15) is 0 Å². The maximum Gasteiger partial charge on any atom is 0.274 e. The minimum Gasteiger partial charge on any atom is -0.389 e. The van der Waals surface area contributed by atoms with Gasteiger partial charge in [0.25, 0.3) is 5.91 Å². The average molecular weight is 423 g/mol. The molecule has 0 unspecified atom stereocenters. The van der Waals surface area contributed by atoms with Crippen LogP contribution in [0.4, 0.5) is 0 Å². The van der Waals surface area contributed by atoms with Crippen LogP contribution in [0.1, 0.15) is 54.2 Å². The molecule has 1 aliphatic heterocycles. The summed E-state index contributed by atoms with van der Waals surface area (Å²) in [5.74, 6) is -0.0834. The van der Waals surface area contributed by atoms with Crippen molar-refractivity contribution in [1.29, 1.82) is 0 Å². The third-order valence-electron chi connectivity index (χ3n) is 5.92. The van der Waals surface area contributed by atoms with Gasteiger partial charge in [0.2, 0.25) is 0 Å². The van der Waals surface area contributed by atoms with Gasteiger partial charge in [-0.05, 0) is 75.7 Å². The molecule has 31 heavy (non-hydrogen) atoms. The zero-order chi connectivity index (χ0) is 22.0. The van der Waals surface area contributed by atoms with Crippen molar-refractivity contribution in [3.05, 3.63) is 65.5 Å². The van der Waals surface area contributed by atoms with E-state index in [0.29, 0.717) is 24.6 Å². The third-order valence-corrected chi connectivity index (χ3v) is 5.92. The standard InChI is InChI=1S/C24H30N4O3/c1-24(2,30)16-27-12-9-18(10-13-27)21-8-7-19-11-14-28(22(19)25-21)15-17-3-5-20(6-4-17)23(29)26-31/h3-8,11,14,18,30-31H,9-10,12-13,15-16H2,1-2H3,(H,26,29). The van der Waals surface area contributed by atoms with E-state index in [1.807, 2.05) is 32.2 Å². The third kappa shape index (κ3) is 5.12. The number of nitrogens with zero attached hydrogens (tertiary/aromatic N) is 3. The first-order chi connectivity index (χ1) is 14.8. The molecule has 0 atom stereocenters. The van der Waals surface area contributed by atoms with Crippen LogP contribution in [-0.2, 0) is 6.54 Å². The monoisotopic (exact) mass is 422 g/mol. The van der Waals surface area contributed by atoms with Crippen LogP contribution in [0.15, 0.2) is 48.7 Å². The van der Waals surface area contributed by atoms with Crippen molar-refractivity contribution in [1.82, 2.24) is 19.9 Å². The first kappa shape index (κ1) is 21.5. The summed E-state index contributed by atoms with van der Waals surface area (Å²) in [6, 6.07) is 13.5. The summed E-state index contributed by atoms with van der Waals surface area (Å²) in [4.78, 5) is 18.8. The molecule has 0 aliphatic carbocycles. The number of likely N-dealkylation sites (tertiary alicyclic amines) is 1. The van der Waals surface area contributed by atoms with E-state index in [2.05, 4.69) is 27.7 Å². The van der Waals surface area contributed by atoms with Crippen molar-refractivity contribution in [2.24, 2.45) is 0 Å². The van der Waals surface area contributed by atoms with Crippen LogP contribution in [0.3, 0.4) is 0 Å². The molecule has 1 aliphatic rings. The highest BCUT2D eigenvalue weighted by molar-refractivity contribution is 5.93. The summed E-state index contributed by atoms with van der Waals surface area (Å²) in [7, 11) is 0. The molecule has 3 N–H and O–H groups in total. The molecule has 4 rings (SSSR count). The van der Waals surface area contributed by atoms with Crippen LogP contribution in [-0.4, -0.2) is 55.9 Å². The number of hydrogen-bond donors (Lipinski definition) is 3. The molecule has 0 bridgehead atoms. The second-order valence-corrected chi connectivity index (χ2v) is 9.09. The summed E-state index contributed by atoms with van der Waals surface area (Å²) in [5.41, 5.74) is 4.56. The number of hydrogen-bond acceptors (Lipinski definition) is 5. The van der Waals surface area contributed by atoms with Gasteiger partial charge in [0.05, 0.1) is 5.60 Å². The highest BCUT2D eigenvalue weighted by atomic mass is 16.5. The van der Waals surface area contributed by atoms with Crippen molar-refractivity contribution < 1.29 is 15.1 Å². The molecular formula is C24H30N4O3. The fraction of sp³-hybridized carbons (Fsp3) is 0.417. The number of carbonyl (C=O) groups excluding carboxylic acids is 1. The van der Waals surface area contributed by atoms with Gasteiger partial charge in [0.1, 0.15) is 5.65 Å². The number of benzene rings is 1. The number of rotatable bonds is 6. The molecule has 3 heterocycles. The summed E-state index contributed by atoms with van der Waals surface area (Å²) < 4.78 is 2.13. The van der Waals surface area contributed by atoms with Gasteiger partial charge < -0.3 is 14.6 Å². The summed E-state index contributed by atoms with van der Waals surface area (Å²) in [5, 5.41) is 19.9. The predicted octanol–water partition coefficient (Wildman–Crippen LogP) is 3.15. The highest BCUT2D eigenvalue weighted by Crippen LogP contribution is 2.29. The number of amides is 1. The maximum absolute atomic E-state index is 11.5. The Hall–Kier alpha value is -2.74. The summed E-state index contributed by atoms with van der Waals surface area (Å²) in [6.07, 6.45) is 4.13. The molecule has 1 fully saturated rings. The summed E-state index contributed by atoms with van der Waals surface area (Å²) >= 11 is 0. The SMILES string of the molecule is CC(C)(O)CN1CCC(c2ccc3ccn(Cc4ccc(C(=O)NO)cc4)c3n2)CC1. The normalized spacial score (nSPS) is 16.0. The zero-order valence-electron chi connectivity index (χ0n) is 18.1. The molecule has 7 nitrogen and oxygen atoms in total. The Morgan fingerprint density at radius 3 is 2.48 bits per heavy atom. The number of β-amino-alcohol motifs (C(OH)–C–C–N with tert-alkyl or cyclic N) is 1. The van der Waals surface area contributed by atoms with Crippen LogP contribution in [0.2, 0.25) is 0 Å².